The molecule has 0 bridgehead atoms. The number of aliphatic carboxylic acids is 1. The number of carbonyl (C=O) groups is 4. The van der Waals surface area contributed by atoms with E-state index < -0.39 is 61.1 Å². The van der Waals surface area contributed by atoms with Gasteiger partial charge in [-0.15, -0.1) is 0 Å². The molecule has 1 aromatic carbocycles. The van der Waals surface area contributed by atoms with Crippen LogP contribution in [0.25, 0.3) is 0 Å². The van der Waals surface area contributed by atoms with Crippen LogP contribution in [0, 0.1) is 0 Å². The lowest BCUT2D eigenvalue weighted by molar-refractivity contribution is -0.143. The lowest BCUT2D eigenvalue weighted by Crippen LogP contribution is -2.58. The van der Waals surface area contributed by atoms with Crippen LogP contribution in [0.1, 0.15) is 24.8 Å². The summed E-state index contributed by atoms with van der Waals surface area (Å²) in [5, 5.41) is 34.3. The fourth-order valence-corrected chi connectivity index (χ4v) is 2.93. The molecule has 0 fully saturated rings. The van der Waals surface area contributed by atoms with Crippen LogP contribution >= 0.6 is 0 Å². The van der Waals surface area contributed by atoms with Crippen LogP contribution in [0.15, 0.2) is 30.3 Å². The number of nitrogens with one attached hydrogen (secondary N) is 3. The zero-order valence-electron chi connectivity index (χ0n) is 18.3. The van der Waals surface area contributed by atoms with Gasteiger partial charge in [-0.25, -0.2) is 4.79 Å². The highest BCUT2D eigenvalue weighted by molar-refractivity contribution is 5.94. The molecule has 0 radical (unpaired) electrons. The van der Waals surface area contributed by atoms with Gasteiger partial charge in [0.25, 0.3) is 0 Å². The number of carboxylic acids is 1. The van der Waals surface area contributed by atoms with Gasteiger partial charge in [0, 0.05) is 0 Å². The normalized spacial score (nSPS) is 14.4. The van der Waals surface area contributed by atoms with Gasteiger partial charge >= 0.3 is 5.97 Å². The Morgan fingerprint density at radius 3 is 1.91 bits per heavy atom. The average molecular weight is 468 g/mol. The van der Waals surface area contributed by atoms with Crippen molar-refractivity contribution in [3.05, 3.63) is 35.9 Å². The largest absolute Gasteiger partial charge is 0.480 e. The number of rotatable bonds is 15. The second-order valence-corrected chi connectivity index (χ2v) is 7.47. The van der Waals surface area contributed by atoms with Gasteiger partial charge < -0.3 is 42.7 Å². The van der Waals surface area contributed by atoms with Crippen LogP contribution < -0.4 is 27.4 Å². The van der Waals surface area contributed by atoms with E-state index in [2.05, 4.69) is 10.6 Å². The minimum Gasteiger partial charge on any atom is -0.480 e. The fraction of sp³-hybridized carbons (Fsp3) is 0.524. The molecule has 33 heavy (non-hydrogen) atoms. The maximum Gasteiger partial charge on any atom is 0.328 e. The maximum atomic E-state index is 12.8. The Labute approximate surface area is 191 Å². The highest BCUT2D eigenvalue weighted by atomic mass is 16.4. The Morgan fingerprint density at radius 2 is 1.36 bits per heavy atom. The van der Waals surface area contributed by atoms with E-state index >= 15 is 0 Å². The highest BCUT2D eigenvalue weighted by Crippen LogP contribution is 2.05. The van der Waals surface area contributed by atoms with Crippen molar-refractivity contribution in [3.63, 3.8) is 0 Å². The van der Waals surface area contributed by atoms with E-state index in [1.165, 1.54) is 0 Å². The van der Waals surface area contributed by atoms with Gasteiger partial charge in [0.1, 0.15) is 18.1 Å². The van der Waals surface area contributed by atoms with Crippen molar-refractivity contribution in [2.24, 2.45) is 11.5 Å². The lowest BCUT2D eigenvalue weighted by Gasteiger charge is -2.24. The molecule has 1 rings (SSSR count). The number of aliphatic hydroxyl groups excluding tert-OH is 2. The Balaban J connectivity index is 2.82. The third kappa shape index (κ3) is 9.95. The highest BCUT2D eigenvalue weighted by Gasteiger charge is 2.29. The second kappa shape index (κ2) is 14.9. The Morgan fingerprint density at radius 1 is 0.818 bits per heavy atom. The van der Waals surface area contributed by atoms with Crippen molar-refractivity contribution in [1.82, 2.24) is 16.0 Å². The molecular weight excluding hydrogens is 434 g/mol. The predicted molar refractivity (Wildman–Crippen MR) is 119 cm³/mol. The molecule has 4 atom stereocenters. The number of nitrogens with two attached hydrogens (primary N) is 2. The lowest BCUT2D eigenvalue weighted by atomic mass is 10.0. The van der Waals surface area contributed by atoms with Crippen molar-refractivity contribution in [1.29, 1.82) is 0 Å². The summed E-state index contributed by atoms with van der Waals surface area (Å²) in [6.45, 7) is -1.31. The number of hydrogen-bond donors (Lipinski definition) is 8. The number of unbranched alkanes of at least 4 members (excludes halogenated alkanes) is 1. The van der Waals surface area contributed by atoms with E-state index in [1.54, 1.807) is 0 Å². The minimum atomic E-state index is -1.60. The molecule has 0 aliphatic heterocycles. The van der Waals surface area contributed by atoms with Crippen LogP contribution in [-0.4, -0.2) is 82.9 Å². The first-order chi connectivity index (χ1) is 15.7. The number of hydrogen-bond acceptors (Lipinski definition) is 8. The first-order valence-electron chi connectivity index (χ1n) is 10.6. The zero-order chi connectivity index (χ0) is 24.8. The van der Waals surface area contributed by atoms with Crippen molar-refractivity contribution in [3.8, 4) is 0 Å². The molecule has 10 N–H and O–H groups in total. The predicted octanol–water partition coefficient (Wildman–Crippen LogP) is -2.79. The second-order valence-electron chi connectivity index (χ2n) is 7.47. The molecule has 12 heteroatoms. The van der Waals surface area contributed by atoms with E-state index in [-0.39, 0.29) is 12.8 Å². The van der Waals surface area contributed by atoms with E-state index in [1.807, 2.05) is 35.6 Å². The first kappa shape index (κ1) is 28.0. The minimum absolute atomic E-state index is 0.209. The molecule has 0 aliphatic rings. The summed E-state index contributed by atoms with van der Waals surface area (Å²) >= 11 is 0. The van der Waals surface area contributed by atoms with Crippen LogP contribution in [0.5, 0.6) is 0 Å². The molecule has 0 saturated carbocycles. The molecule has 0 spiro atoms. The number of carbonyl (C=O) groups excluding carboxylic acids is 3. The summed E-state index contributed by atoms with van der Waals surface area (Å²) in [7, 11) is 0. The zero-order valence-corrected chi connectivity index (χ0v) is 18.3. The molecule has 12 nitrogen and oxygen atoms in total. The molecule has 0 heterocycles. The summed E-state index contributed by atoms with van der Waals surface area (Å²) in [5.41, 5.74) is 12.3. The van der Waals surface area contributed by atoms with E-state index in [0.29, 0.717) is 19.4 Å². The van der Waals surface area contributed by atoms with E-state index in [4.69, 9.17) is 21.7 Å². The van der Waals surface area contributed by atoms with Gasteiger partial charge in [0.05, 0.1) is 19.3 Å². The van der Waals surface area contributed by atoms with Gasteiger partial charge in [-0.05, 0) is 37.8 Å². The number of amides is 3. The fourth-order valence-electron chi connectivity index (χ4n) is 2.93. The summed E-state index contributed by atoms with van der Waals surface area (Å²) in [6, 6.07) is 4.04. The van der Waals surface area contributed by atoms with Crippen LogP contribution in [-0.2, 0) is 25.6 Å². The SMILES string of the molecule is NCCCCC(NC(=O)C(N)Cc1ccccc1)C(=O)NC(CO)C(=O)NC(CO)C(=O)O. The standard InChI is InChI=1S/C21H33N5O7/c22-9-5-4-8-15(24-18(29)14(23)10-13-6-2-1-3-7-13)19(30)25-16(11-27)20(31)26-17(12-28)21(32)33/h1-3,6-7,14-17,27-28H,4-5,8-12,22-23H2,(H,24,29)(H,25,30)(H,26,31)(H,32,33). The van der Waals surface area contributed by atoms with Gasteiger partial charge in [0.15, 0.2) is 0 Å². The van der Waals surface area contributed by atoms with Crippen molar-refractivity contribution >= 4 is 23.7 Å². The number of aliphatic hydroxyl groups is 2. The summed E-state index contributed by atoms with van der Waals surface area (Å²) in [5.74, 6) is -3.80. The van der Waals surface area contributed by atoms with Gasteiger partial charge in [-0.3, -0.25) is 14.4 Å². The molecule has 0 aromatic heterocycles. The maximum absolute atomic E-state index is 12.8. The van der Waals surface area contributed by atoms with Gasteiger partial charge in [-0.1, -0.05) is 30.3 Å². The number of benzene rings is 1. The quantitative estimate of drug-likeness (QED) is 0.125. The van der Waals surface area contributed by atoms with Gasteiger partial charge in [0.2, 0.25) is 17.7 Å². The number of carboxylic acid groups (broad SMARTS) is 1. The molecule has 3 amide bonds. The summed E-state index contributed by atoms with van der Waals surface area (Å²) < 4.78 is 0. The average Bonchev–Trinajstić information content (AvgIpc) is 2.80. The summed E-state index contributed by atoms with van der Waals surface area (Å²) in [4.78, 5) is 48.5. The van der Waals surface area contributed by atoms with Crippen molar-refractivity contribution in [2.75, 3.05) is 19.8 Å². The molecule has 0 saturated heterocycles. The first-order valence-corrected chi connectivity index (χ1v) is 10.6. The topological polar surface area (TPSA) is 217 Å². The van der Waals surface area contributed by atoms with Gasteiger partial charge in [-0.2, -0.15) is 0 Å². The smallest absolute Gasteiger partial charge is 0.328 e. The van der Waals surface area contributed by atoms with Crippen LogP contribution in [0.4, 0.5) is 0 Å². The Hall–Kier alpha value is -3.06. The molecule has 4 unspecified atom stereocenters. The molecule has 1 aromatic rings. The summed E-state index contributed by atoms with van der Waals surface area (Å²) in [6.07, 6.45) is 1.56. The Bertz CT molecular complexity index is 778. The molecular formula is C21H33N5O7. The van der Waals surface area contributed by atoms with Crippen LogP contribution in [0.3, 0.4) is 0 Å². The van der Waals surface area contributed by atoms with Crippen LogP contribution in [0.2, 0.25) is 0 Å². The van der Waals surface area contributed by atoms with E-state index in [0.717, 1.165) is 5.56 Å². The van der Waals surface area contributed by atoms with Crippen molar-refractivity contribution < 1.29 is 34.5 Å². The molecule has 0 aliphatic carbocycles. The third-order valence-corrected chi connectivity index (χ3v) is 4.83. The van der Waals surface area contributed by atoms with E-state index in [9.17, 15) is 24.3 Å². The van der Waals surface area contributed by atoms with Crippen molar-refractivity contribution in [2.45, 2.75) is 49.9 Å². The monoisotopic (exact) mass is 467 g/mol. The molecule has 184 valence electrons. The third-order valence-electron chi connectivity index (χ3n) is 4.83. The Kier molecular flexibility index (Phi) is 12.6.